The van der Waals surface area contributed by atoms with Crippen LogP contribution in [-0.2, 0) is 6.54 Å². The van der Waals surface area contributed by atoms with Crippen molar-refractivity contribution >= 4 is 0 Å². The monoisotopic (exact) mass is 278 g/mol. The van der Waals surface area contributed by atoms with Crippen LogP contribution in [0.1, 0.15) is 19.5 Å². The second kappa shape index (κ2) is 6.43. The molecule has 1 aromatic carbocycles. The van der Waals surface area contributed by atoms with Gasteiger partial charge in [0.1, 0.15) is 17.4 Å². The molecule has 1 N–H and O–H groups in total. The van der Waals surface area contributed by atoms with Crippen LogP contribution >= 0.6 is 0 Å². The maximum atomic E-state index is 13.1. The van der Waals surface area contributed by atoms with E-state index in [0.29, 0.717) is 18.5 Å². The van der Waals surface area contributed by atoms with E-state index in [4.69, 9.17) is 4.74 Å². The Kier molecular flexibility index (Phi) is 4.63. The third kappa shape index (κ3) is 4.28. The lowest BCUT2D eigenvalue weighted by Gasteiger charge is -2.09. The van der Waals surface area contributed by atoms with Gasteiger partial charge in [0.05, 0.1) is 5.69 Å². The first-order chi connectivity index (χ1) is 9.52. The summed E-state index contributed by atoms with van der Waals surface area (Å²) in [5.41, 5.74) is 0.799. The first-order valence-electron chi connectivity index (χ1n) is 6.36. The SMILES string of the molecule is CC(C)NCc1cccc(Oc2cc(F)cc(F)c2)n1. The Labute approximate surface area is 116 Å². The molecule has 2 aromatic rings. The fraction of sp³-hybridized carbons (Fsp3) is 0.267. The Morgan fingerprint density at radius 1 is 1.15 bits per heavy atom. The molecule has 0 aliphatic carbocycles. The summed E-state index contributed by atoms with van der Waals surface area (Å²) < 4.78 is 31.5. The molecule has 1 aromatic heterocycles. The van der Waals surface area contributed by atoms with Gasteiger partial charge in [-0.3, -0.25) is 0 Å². The number of benzene rings is 1. The van der Waals surface area contributed by atoms with Crippen LogP contribution < -0.4 is 10.1 Å². The highest BCUT2D eigenvalue weighted by Crippen LogP contribution is 2.21. The zero-order valence-corrected chi connectivity index (χ0v) is 11.4. The lowest BCUT2D eigenvalue weighted by molar-refractivity contribution is 0.447. The average molecular weight is 278 g/mol. The van der Waals surface area contributed by atoms with E-state index in [2.05, 4.69) is 10.3 Å². The molecule has 5 heteroatoms. The fourth-order valence-electron chi connectivity index (χ4n) is 1.63. The van der Waals surface area contributed by atoms with Crippen LogP contribution in [0.15, 0.2) is 36.4 Å². The van der Waals surface area contributed by atoms with Gasteiger partial charge in [0.15, 0.2) is 0 Å². The number of aromatic nitrogens is 1. The van der Waals surface area contributed by atoms with Crippen LogP contribution in [0.4, 0.5) is 8.78 Å². The van der Waals surface area contributed by atoms with E-state index in [9.17, 15) is 8.78 Å². The van der Waals surface area contributed by atoms with Gasteiger partial charge in [-0.1, -0.05) is 19.9 Å². The molecular formula is C15H16F2N2O. The van der Waals surface area contributed by atoms with Crippen molar-refractivity contribution in [2.75, 3.05) is 0 Å². The van der Waals surface area contributed by atoms with E-state index in [1.54, 1.807) is 12.1 Å². The molecule has 1 heterocycles. The van der Waals surface area contributed by atoms with E-state index in [-0.39, 0.29) is 5.75 Å². The molecule has 3 nitrogen and oxygen atoms in total. The second-order valence-corrected chi connectivity index (χ2v) is 4.71. The fourth-order valence-corrected chi connectivity index (χ4v) is 1.63. The van der Waals surface area contributed by atoms with E-state index in [1.165, 1.54) is 0 Å². The summed E-state index contributed by atoms with van der Waals surface area (Å²) in [5.74, 6) is -0.975. The van der Waals surface area contributed by atoms with Crippen molar-refractivity contribution in [3.8, 4) is 11.6 Å². The largest absolute Gasteiger partial charge is 0.439 e. The Hall–Kier alpha value is -2.01. The molecule has 0 saturated heterocycles. The van der Waals surface area contributed by atoms with Crippen molar-refractivity contribution in [3.05, 3.63) is 53.7 Å². The van der Waals surface area contributed by atoms with Crippen molar-refractivity contribution < 1.29 is 13.5 Å². The van der Waals surface area contributed by atoms with Gasteiger partial charge in [0, 0.05) is 36.9 Å². The summed E-state index contributed by atoms with van der Waals surface area (Å²) in [4.78, 5) is 4.27. The summed E-state index contributed by atoms with van der Waals surface area (Å²) in [6.07, 6.45) is 0. The van der Waals surface area contributed by atoms with Crippen LogP contribution in [0.2, 0.25) is 0 Å². The van der Waals surface area contributed by atoms with E-state index in [0.717, 1.165) is 23.9 Å². The number of ether oxygens (including phenoxy) is 1. The molecule has 0 aliphatic heterocycles. The molecular weight excluding hydrogens is 262 g/mol. The van der Waals surface area contributed by atoms with Crippen molar-refractivity contribution in [1.29, 1.82) is 0 Å². The Balaban J connectivity index is 2.11. The van der Waals surface area contributed by atoms with Gasteiger partial charge >= 0.3 is 0 Å². The normalized spacial score (nSPS) is 10.8. The highest BCUT2D eigenvalue weighted by Gasteiger charge is 2.05. The molecule has 0 atom stereocenters. The quantitative estimate of drug-likeness (QED) is 0.906. The molecule has 0 aliphatic rings. The third-order valence-corrected chi connectivity index (χ3v) is 2.53. The molecule has 0 radical (unpaired) electrons. The standard InChI is InChI=1S/C15H16F2N2O/c1-10(2)18-9-13-4-3-5-15(19-13)20-14-7-11(16)6-12(17)8-14/h3-8,10,18H,9H2,1-2H3. The number of pyridine rings is 1. The third-order valence-electron chi connectivity index (χ3n) is 2.53. The summed E-state index contributed by atoms with van der Waals surface area (Å²) in [7, 11) is 0. The number of hydrogen-bond donors (Lipinski definition) is 1. The van der Waals surface area contributed by atoms with Crippen LogP contribution in [0.3, 0.4) is 0 Å². The zero-order valence-electron chi connectivity index (χ0n) is 11.4. The first kappa shape index (κ1) is 14.4. The number of nitrogens with one attached hydrogen (secondary N) is 1. The minimum absolute atomic E-state index is 0.0870. The molecule has 0 amide bonds. The lowest BCUT2D eigenvalue weighted by atomic mass is 10.3. The smallest absolute Gasteiger partial charge is 0.219 e. The van der Waals surface area contributed by atoms with E-state index >= 15 is 0 Å². The van der Waals surface area contributed by atoms with Crippen LogP contribution in [0.25, 0.3) is 0 Å². The summed E-state index contributed by atoms with van der Waals surface area (Å²) in [6, 6.07) is 8.65. The molecule has 0 unspecified atom stereocenters. The van der Waals surface area contributed by atoms with Gasteiger partial charge in [-0.05, 0) is 6.07 Å². The van der Waals surface area contributed by atoms with Crippen LogP contribution in [0.5, 0.6) is 11.6 Å². The van der Waals surface area contributed by atoms with Crippen molar-refractivity contribution in [3.63, 3.8) is 0 Å². The van der Waals surface area contributed by atoms with Gasteiger partial charge < -0.3 is 10.1 Å². The molecule has 2 rings (SSSR count). The highest BCUT2D eigenvalue weighted by atomic mass is 19.1. The Morgan fingerprint density at radius 3 is 2.50 bits per heavy atom. The molecule has 0 fully saturated rings. The van der Waals surface area contributed by atoms with Crippen LogP contribution in [0, 0.1) is 11.6 Å². The molecule has 106 valence electrons. The van der Waals surface area contributed by atoms with Gasteiger partial charge in [0.25, 0.3) is 0 Å². The van der Waals surface area contributed by atoms with Gasteiger partial charge in [0.2, 0.25) is 5.88 Å². The Morgan fingerprint density at radius 2 is 1.85 bits per heavy atom. The van der Waals surface area contributed by atoms with Crippen molar-refractivity contribution in [2.45, 2.75) is 26.4 Å². The van der Waals surface area contributed by atoms with Crippen molar-refractivity contribution in [2.24, 2.45) is 0 Å². The topological polar surface area (TPSA) is 34.1 Å². The molecule has 0 bridgehead atoms. The minimum Gasteiger partial charge on any atom is -0.439 e. The maximum Gasteiger partial charge on any atom is 0.219 e. The van der Waals surface area contributed by atoms with Gasteiger partial charge in [-0.2, -0.15) is 0 Å². The van der Waals surface area contributed by atoms with Crippen molar-refractivity contribution in [1.82, 2.24) is 10.3 Å². The van der Waals surface area contributed by atoms with E-state index < -0.39 is 11.6 Å². The Bertz CT molecular complexity index is 568. The molecule has 0 spiro atoms. The highest BCUT2D eigenvalue weighted by molar-refractivity contribution is 5.28. The predicted octanol–water partition coefficient (Wildman–Crippen LogP) is 3.65. The lowest BCUT2D eigenvalue weighted by Crippen LogP contribution is -2.22. The number of rotatable bonds is 5. The number of hydrogen-bond acceptors (Lipinski definition) is 3. The second-order valence-electron chi connectivity index (χ2n) is 4.71. The number of nitrogens with zero attached hydrogens (tertiary/aromatic N) is 1. The number of halogens is 2. The van der Waals surface area contributed by atoms with Gasteiger partial charge in [-0.25, -0.2) is 13.8 Å². The predicted molar refractivity (Wildman–Crippen MR) is 72.6 cm³/mol. The summed E-state index contributed by atoms with van der Waals surface area (Å²) in [5, 5.41) is 3.23. The first-order valence-corrected chi connectivity index (χ1v) is 6.36. The van der Waals surface area contributed by atoms with Crippen LogP contribution in [-0.4, -0.2) is 11.0 Å². The van der Waals surface area contributed by atoms with Gasteiger partial charge in [-0.15, -0.1) is 0 Å². The zero-order chi connectivity index (χ0) is 14.5. The van der Waals surface area contributed by atoms with E-state index in [1.807, 2.05) is 19.9 Å². The molecule has 0 saturated carbocycles. The summed E-state index contributed by atoms with van der Waals surface area (Å²) in [6.45, 7) is 4.68. The molecule has 20 heavy (non-hydrogen) atoms. The average Bonchev–Trinajstić information content (AvgIpc) is 2.35. The maximum absolute atomic E-state index is 13.1. The minimum atomic E-state index is -0.683. The summed E-state index contributed by atoms with van der Waals surface area (Å²) >= 11 is 0.